The molecule has 0 radical (unpaired) electrons. The molecule has 2 aliphatic carbocycles. The van der Waals surface area contributed by atoms with Gasteiger partial charge in [-0.2, -0.15) is 8.42 Å². The maximum atomic E-state index is 13.1. The van der Waals surface area contributed by atoms with Gasteiger partial charge in [0, 0.05) is 0 Å². The van der Waals surface area contributed by atoms with Gasteiger partial charge in [-0.15, -0.1) is 0 Å². The third-order valence-corrected chi connectivity index (χ3v) is 11.0. The zero-order chi connectivity index (χ0) is 26.3. The molecule has 0 saturated heterocycles. The van der Waals surface area contributed by atoms with Crippen LogP contribution >= 0.6 is 0 Å². The van der Waals surface area contributed by atoms with Crippen molar-refractivity contribution in [2.75, 3.05) is 6.61 Å². The molecule has 2 bridgehead atoms. The maximum absolute atomic E-state index is 13.1. The minimum Gasteiger partial charge on any atom is -0.266 e. The summed E-state index contributed by atoms with van der Waals surface area (Å²) in [6.45, 7) is 14.4. The van der Waals surface area contributed by atoms with Gasteiger partial charge in [0.15, 0.2) is 0 Å². The lowest BCUT2D eigenvalue weighted by atomic mass is 9.69. The van der Waals surface area contributed by atoms with Crippen molar-refractivity contribution in [1.29, 1.82) is 0 Å². The molecule has 0 amide bonds. The van der Waals surface area contributed by atoms with Crippen molar-refractivity contribution < 1.29 is 12.6 Å². The van der Waals surface area contributed by atoms with Gasteiger partial charge in [-0.25, -0.2) is 0 Å². The van der Waals surface area contributed by atoms with E-state index in [0.717, 1.165) is 35.7 Å². The Hall–Kier alpha value is -0.870. The Morgan fingerprint density at radius 2 is 1.64 bits per heavy atom. The Bertz CT molecular complexity index is 875. The van der Waals surface area contributed by atoms with Crippen LogP contribution < -0.4 is 0 Å². The Kier molecular flexibility index (Phi) is 11.4. The van der Waals surface area contributed by atoms with E-state index in [-0.39, 0.29) is 4.90 Å². The van der Waals surface area contributed by atoms with Crippen molar-refractivity contribution in [2.45, 2.75) is 117 Å². The monoisotopic (exact) mass is 518 g/mol. The quantitative estimate of drug-likeness (QED) is 0.338. The van der Waals surface area contributed by atoms with Crippen LogP contribution in [0.5, 0.6) is 0 Å². The molecule has 7 unspecified atom stereocenters. The maximum Gasteiger partial charge on any atom is 0.296 e. The van der Waals surface area contributed by atoms with Crippen LogP contribution in [0.1, 0.15) is 111 Å². The molecule has 2 fully saturated rings. The zero-order valence-electron chi connectivity index (χ0n) is 24.0. The molecule has 206 valence electrons. The normalized spacial score (nSPS) is 32.9. The van der Waals surface area contributed by atoms with Crippen molar-refractivity contribution in [3.63, 3.8) is 0 Å². The van der Waals surface area contributed by atoms with E-state index in [1.165, 1.54) is 64.2 Å². The fraction of sp³-hybridized carbons (Fsp3) is 0.812. The van der Waals surface area contributed by atoms with E-state index < -0.39 is 10.1 Å². The lowest BCUT2D eigenvalue weighted by Crippen LogP contribution is -2.32. The molecule has 7 atom stereocenters. The smallest absolute Gasteiger partial charge is 0.266 e. The molecule has 1 aromatic carbocycles. The van der Waals surface area contributed by atoms with Crippen LogP contribution in [0.4, 0.5) is 0 Å². The predicted molar refractivity (Wildman–Crippen MR) is 151 cm³/mol. The first-order valence-electron chi connectivity index (χ1n) is 15.1. The molecule has 1 aromatic rings. The predicted octanol–water partition coefficient (Wildman–Crippen LogP) is 9.05. The average molecular weight is 519 g/mol. The summed E-state index contributed by atoms with van der Waals surface area (Å²) < 4.78 is 32.1. The summed E-state index contributed by atoms with van der Waals surface area (Å²) in [5.41, 5.74) is 1.06. The lowest BCUT2D eigenvalue weighted by molar-refractivity contribution is 0.0935. The number of fused-ring (bicyclic) bond motifs is 3. The Morgan fingerprint density at radius 1 is 0.944 bits per heavy atom. The summed E-state index contributed by atoms with van der Waals surface area (Å²) in [5.74, 6) is 5.22. The highest BCUT2D eigenvalue weighted by Gasteiger charge is 2.37. The lowest BCUT2D eigenvalue weighted by Gasteiger charge is -2.37. The molecule has 0 N–H and O–H groups in total. The number of hydrogen-bond donors (Lipinski definition) is 0. The molecule has 0 spiro atoms. The second-order valence-corrected chi connectivity index (χ2v) is 14.6. The summed E-state index contributed by atoms with van der Waals surface area (Å²) in [6.07, 6.45) is 14.0. The highest BCUT2D eigenvalue weighted by atomic mass is 32.2. The second-order valence-electron chi connectivity index (χ2n) is 12.9. The van der Waals surface area contributed by atoms with E-state index in [2.05, 4.69) is 34.6 Å². The topological polar surface area (TPSA) is 43.4 Å². The number of benzene rings is 1. The van der Waals surface area contributed by atoms with Crippen molar-refractivity contribution in [2.24, 2.45) is 47.3 Å². The van der Waals surface area contributed by atoms with E-state index >= 15 is 0 Å². The van der Waals surface area contributed by atoms with Gasteiger partial charge in [-0.05, 0) is 105 Å². The average Bonchev–Trinajstić information content (AvgIpc) is 2.84. The summed E-state index contributed by atoms with van der Waals surface area (Å²) in [6, 6.07) is 7.07. The Labute approximate surface area is 223 Å². The minimum atomic E-state index is -3.74. The second kappa shape index (κ2) is 13.8. The molecule has 0 aromatic heterocycles. The highest BCUT2D eigenvalue weighted by Crippen LogP contribution is 2.45. The molecule has 0 heterocycles. The Morgan fingerprint density at radius 3 is 2.31 bits per heavy atom. The van der Waals surface area contributed by atoms with Gasteiger partial charge in [0.25, 0.3) is 10.1 Å². The van der Waals surface area contributed by atoms with Gasteiger partial charge in [0.1, 0.15) is 0 Å². The summed E-state index contributed by atoms with van der Waals surface area (Å²) in [5, 5.41) is 0. The first-order chi connectivity index (χ1) is 17.1. The first-order valence-corrected chi connectivity index (χ1v) is 16.5. The van der Waals surface area contributed by atoms with Crippen molar-refractivity contribution >= 4 is 10.1 Å². The molecule has 0 aliphatic heterocycles. The van der Waals surface area contributed by atoms with Crippen molar-refractivity contribution in [3.8, 4) is 0 Å². The fourth-order valence-electron chi connectivity index (χ4n) is 7.58. The SMILES string of the molecule is CCCC1CCCC(COS(=O)(=O)c2ccc(C)cc2)C2CCC(CC1)C(C)CC(C)CC2C(C)C. The molecule has 4 heteroatoms. The number of rotatable bonds is 7. The summed E-state index contributed by atoms with van der Waals surface area (Å²) in [7, 11) is -3.74. The van der Waals surface area contributed by atoms with E-state index in [4.69, 9.17) is 4.18 Å². The van der Waals surface area contributed by atoms with Gasteiger partial charge >= 0.3 is 0 Å². The summed E-state index contributed by atoms with van der Waals surface area (Å²) in [4.78, 5) is 0.283. The van der Waals surface area contributed by atoms with Crippen LogP contribution in [0.15, 0.2) is 29.2 Å². The van der Waals surface area contributed by atoms with Gasteiger partial charge in [0.2, 0.25) is 0 Å². The molecular formula is C32H54O3S. The minimum absolute atomic E-state index is 0.283. The van der Waals surface area contributed by atoms with Crippen molar-refractivity contribution in [3.05, 3.63) is 29.8 Å². The highest BCUT2D eigenvalue weighted by molar-refractivity contribution is 7.86. The van der Waals surface area contributed by atoms with Crippen molar-refractivity contribution in [1.82, 2.24) is 0 Å². The van der Waals surface area contributed by atoms with Gasteiger partial charge in [0.05, 0.1) is 11.5 Å². The van der Waals surface area contributed by atoms with Gasteiger partial charge in [-0.3, -0.25) is 4.18 Å². The third-order valence-electron chi connectivity index (χ3n) is 9.71. The third kappa shape index (κ3) is 8.32. The molecule has 3 nitrogen and oxygen atoms in total. The number of aryl methyl sites for hydroxylation is 1. The van der Waals surface area contributed by atoms with Gasteiger partial charge in [-0.1, -0.05) is 84.4 Å². The van der Waals surface area contributed by atoms with Crippen LogP contribution in [0.25, 0.3) is 0 Å². The standard InChI is InChI=1S/C32H54O3S/c1-7-9-27-10-8-11-29(22-35-36(33,34)30-17-12-24(4)13-18-30)31-19-16-28(15-14-27)26(6)20-25(5)21-32(31)23(2)3/h12-13,17-18,23,25-29,31-32H,7-11,14-16,19-22H2,1-6H3. The Balaban J connectivity index is 1.89. The van der Waals surface area contributed by atoms with E-state index in [1.807, 2.05) is 19.1 Å². The van der Waals surface area contributed by atoms with Crippen LogP contribution in [0.3, 0.4) is 0 Å². The first kappa shape index (κ1) is 29.7. The van der Waals surface area contributed by atoms with Crippen LogP contribution in [0.2, 0.25) is 0 Å². The van der Waals surface area contributed by atoms with Crippen LogP contribution in [-0.4, -0.2) is 15.0 Å². The molecule has 36 heavy (non-hydrogen) atoms. The van der Waals surface area contributed by atoms with Crippen LogP contribution in [0, 0.1) is 54.3 Å². The molecule has 3 rings (SSSR count). The van der Waals surface area contributed by atoms with Gasteiger partial charge < -0.3 is 0 Å². The molecule has 2 saturated carbocycles. The number of hydrogen-bond acceptors (Lipinski definition) is 3. The molecular weight excluding hydrogens is 464 g/mol. The van der Waals surface area contributed by atoms with Crippen LogP contribution in [-0.2, 0) is 14.3 Å². The van der Waals surface area contributed by atoms with E-state index in [9.17, 15) is 8.42 Å². The van der Waals surface area contributed by atoms with E-state index in [1.54, 1.807) is 12.1 Å². The zero-order valence-corrected chi connectivity index (χ0v) is 24.9. The fourth-order valence-corrected chi connectivity index (χ4v) is 8.54. The molecule has 2 aliphatic rings. The summed E-state index contributed by atoms with van der Waals surface area (Å²) >= 11 is 0. The largest absolute Gasteiger partial charge is 0.296 e. The van der Waals surface area contributed by atoms with E-state index in [0.29, 0.717) is 30.3 Å².